The van der Waals surface area contributed by atoms with Crippen molar-refractivity contribution >= 4 is 33.9 Å². The number of rotatable bonds is 11. The Morgan fingerprint density at radius 3 is 0.893 bits per heavy atom. The van der Waals surface area contributed by atoms with E-state index in [0.29, 0.717) is 0 Å². The van der Waals surface area contributed by atoms with Gasteiger partial charge in [-0.25, -0.2) is 0 Å². The molecule has 2 heteroatoms. The van der Waals surface area contributed by atoms with Gasteiger partial charge in [-0.2, -0.15) is 0 Å². The second-order valence-corrected chi connectivity index (χ2v) is 14.1. The van der Waals surface area contributed by atoms with E-state index in [0.717, 1.165) is 45.0 Å². The molecule has 8 aromatic rings. The average molecular weight is 721 g/mol. The topological polar surface area (TPSA) is 6.48 Å². The predicted molar refractivity (Wildman–Crippen MR) is 238 cm³/mol. The lowest BCUT2D eigenvalue weighted by molar-refractivity contribution is 1.26. The number of nitrogens with zero attached hydrogens (tertiary/aromatic N) is 2. The molecule has 270 valence electrons. The highest BCUT2D eigenvalue weighted by molar-refractivity contribution is 5.86. The summed E-state index contributed by atoms with van der Waals surface area (Å²) in [5.74, 6) is 0. The number of aryl methyl sites for hydroxylation is 2. The molecule has 8 aromatic carbocycles. The van der Waals surface area contributed by atoms with Crippen molar-refractivity contribution in [1.29, 1.82) is 0 Å². The van der Waals surface area contributed by atoms with Gasteiger partial charge >= 0.3 is 0 Å². The highest BCUT2D eigenvalue weighted by Gasteiger charge is 2.15. The summed E-state index contributed by atoms with van der Waals surface area (Å²) >= 11 is 0. The molecule has 0 unspecified atom stereocenters. The molecule has 0 radical (unpaired) electrons. The molecular weight excluding hydrogens is 677 g/mol. The van der Waals surface area contributed by atoms with Crippen LogP contribution in [0.4, 0.5) is 22.7 Å². The highest BCUT2D eigenvalue weighted by atomic mass is 15.1. The molecule has 2 nitrogen and oxygen atoms in total. The van der Waals surface area contributed by atoms with Gasteiger partial charge in [-0.05, 0) is 107 Å². The van der Waals surface area contributed by atoms with Crippen molar-refractivity contribution in [3.63, 3.8) is 0 Å². The number of anilines is 4. The van der Waals surface area contributed by atoms with Crippen LogP contribution in [0.1, 0.15) is 33.4 Å². The Hall–Kier alpha value is -7.16. The van der Waals surface area contributed by atoms with E-state index in [1.165, 1.54) is 33.4 Å². The minimum absolute atomic E-state index is 1.09. The Morgan fingerprint density at radius 1 is 0.304 bits per heavy atom. The van der Waals surface area contributed by atoms with Gasteiger partial charge in [-0.3, -0.25) is 0 Å². The molecule has 0 saturated carbocycles. The molecule has 0 aliphatic rings. The summed E-state index contributed by atoms with van der Waals surface area (Å²) in [4.78, 5) is 4.61. The Morgan fingerprint density at radius 2 is 0.607 bits per heavy atom. The highest BCUT2D eigenvalue weighted by Crippen LogP contribution is 2.36. The van der Waals surface area contributed by atoms with Crippen LogP contribution < -0.4 is 9.80 Å². The molecule has 0 amide bonds. The van der Waals surface area contributed by atoms with E-state index in [1.54, 1.807) is 0 Å². The number of hydrogen-bond acceptors (Lipinski definition) is 2. The van der Waals surface area contributed by atoms with E-state index in [4.69, 9.17) is 0 Å². The van der Waals surface area contributed by atoms with Gasteiger partial charge in [0.15, 0.2) is 0 Å². The van der Waals surface area contributed by atoms with E-state index in [9.17, 15) is 0 Å². The smallest absolute Gasteiger partial charge is 0.0458 e. The van der Waals surface area contributed by atoms with Crippen LogP contribution in [-0.2, 0) is 0 Å². The van der Waals surface area contributed by atoms with Crippen molar-refractivity contribution in [1.82, 2.24) is 0 Å². The van der Waals surface area contributed by atoms with Gasteiger partial charge in [0.1, 0.15) is 0 Å². The largest absolute Gasteiger partial charge is 0.317 e. The van der Waals surface area contributed by atoms with Crippen LogP contribution in [-0.4, -0.2) is 0 Å². The monoisotopic (exact) mass is 720 g/mol. The quantitative estimate of drug-likeness (QED) is 0.131. The molecule has 0 bridgehead atoms. The van der Waals surface area contributed by atoms with Crippen LogP contribution in [0.5, 0.6) is 0 Å². The average Bonchev–Trinajstić information content (AvgIpc) is 3.26. The van der Waals surface area contributed by atoms with Crippen molar-refractivity contribution in [2.24, 2.45) is 0 Å². The summed E-state index contributed by atoms with van der Waals surface area (Å²) < 4.78 is 0. The first-order chi connectivity index (χ1) is 27.6. The standard InChI is InChI=1S/C54H44N2/c1-41-17-15-27-51(37-41)55(39-53(45-19-7-3-8-20-45)46-21-9-4-10-22-46)49-33-29-43(30-34-49)44-31-35-50(36-32-44)56(52-28-16-18-42(2)38-52)40-54(47-23-11-5-12-24-47)48-25-13-6-14-26-48/h3-40H,1-2H3. The van der Waals surface area contributed by atoms with Crippen LogP contribution in [0.25, 0.3) is 22.3 Å². The van der Waals surface area contributed by atoms with Gasteiger partial charge in [-0.1, -0.05) is 170 Å². The lowest BCUT2D eigenvalue weighted by Gasteiger charge is -2.25. The fourth-order valence-corrected chi connectivity index (χ4v) is 7.14. The van der Waals surface area contributed by atoms with Crippen LogP contribution in [0.2, 0.25) is 0 Å². The summed E-state index contributed by atoms with van der Waals surface area (Å²) in [6.07, 6.45) is 4.55. The second kappa shape index (κ2) is 16.9. The molecule has 0 aromatic heterocycles. The van der Waals surface area contributed by atoms with E-state index >= 15 is 0 Å². The lowest BCUT2D eigenvalue weighted by Crippen LogP contribution is -2.11. The third-order valence-corrected chi connectivity index (χ3v) is 10.0. The van der Waals surface area contributed by atoms with E-state index < -0.39 is 0 Å². The van der Waals surface area contributed by atoms with Crippen molar-refractivity contribution in [3.8, 4) is 11.1 Å². The Labute approximate surface area is 331 Å². The summed E-state index contributed by atoms with van der Waals surface area (Å²) in [6.45, 7) is 4.29. The van der Waals surface area contributed by atoms with Crippen LogP contribution in [0, 0.1) is 13.8 Å². The number of hydrogen-bond donors (Lipinski definition) is 0. The minimum Gasteiger partial charge on any atom is -0.317 e. The fourth-order valence-electron chi connectivity index (χ4n) is 7.14. The van der Waals surface area contributed by atoms with E-state index in [2.05, 4.69) is 254 Å². The van der Waals surface area contributed by atoms with Crippen molar-refractivity contribution in [3.05, 3.63) is 264 Å². The van der Waals surface area contributed by atoms with Gasteiger partial charge < -0.3 is 9.80 Å². The van der Waals surface area contributed by atoms with E-state index in [-0.39, 0.29) is 0 Å². The Balaban J connectivity index is 1.16. The van der Waals surface area contributed by atoms with Gasteiger partial charge in [-0.15, -0.1) is 0 Å². The normalized spacial score (nSPS) is 10.7. The van der Waals surface area contributed by atoms with Crippen molar-refractivity contribution in [2.45, 2.75) is 13.8 Å². The zero-order valence-corrected chi connectivity index (χ0v) is 31.8. The molecule has 8 rings (SSSR count). The maximum absolute atomic E-state index is 2.30. The van der Waals surface area contributed by atoms with Crippen molar-refractivity contribution in [2.75, 3.05) is 9.80 Å². The van der Waals surface area contributed by atoms with Gasteiger partial charge in [0.05, 0.1) is 0 Å². The maximum atomic E-state index is 2.30. The fraction of sp³-hybridized carbons (Fsp3) is 0.0370. The van der Waals surface area contributed by atoms with Gasteiger partial charge in [0.25, 0.3) is 0 Å². The summed E-state index contributed by atoms with van der Waals surface area (Å²) in [6, 6.07) is 77.8. The third-order valence-electron chi connectivity index (χ3n) is 10.0. The molecule has 0 aliphatic carbocycles. The molecular formula is C54H44N2. The summed E-state index contributed by atoms with van der Waals surface area (Å²) in [5, 5.41) is 0. The van der Waals surface area contributed by atoms with E-state index in [1.807, 2.05) is 0 Å². The maximum Gasteiger partial charge on any atom is 0.0458 e. The van der Waals surface area contributed by atoms with Gasteiger partial charge in [0, 0.05) is 46.3 Å². The first kappa shape index (κ1) is 35.8. The molecule has 0 fully saturated rings. The molecule has 0 aliphatic heterocycles. The predicted octanol–water partition coefficient (Wildman–Crippen LogP) is 14.4. The molecule has 56 heavy (non-hydrogen) atoms. The van der Waals surface area contributed by atoms with Crippen LogP contribution in [0.3, 0.4) is 0 Å². The SMILES string of the molecule is Cc1cccc(N(C=C(c2ccccc2)c2ccccc2)c2ccc(-c3ccc(N(C=C(c4ccccc4)c4ccccc4)c4cccc(C)c4)cc3)cc2)c1. The zero-order valence-electron chi connectivity index (χ0n) is 31.8. The summed E-state index contributed by atoms with van der Waals surface area (Å²) in [7, 11) is 0. The Bertz CT molecular complexity index is 2290. The van der Waals surface area contributed by atoms with Crippen molar-refractivity contribution < 1.29 is 0 Å². The molecule has 0 saturated heterocycles. The second-order valence-electron chi connectivity index (χ2n) is 14.1. The first-order valence-corrected chi connectivity index (χ1v) is 19.2. The number of benzene rings is 8. The first-order valence-electron chi connectivity index (χ1n) is 19.2. The summed E-state index contributed by atoms with van der Waals surface area (Å²) in [5.41, 5.74) is 16.1. The lowest BCUT2D eigenvalue weighted by atomic mass is 9.98. The molecule has 0 N–H and O–H groups in total. The molecule has 0 atom stereocenters. The Kier molecular flexibility index (Phi) is 10.8. The molecule has 0 heterocycles. The minimum atomic E-state index is 1.09. The van der Waals surface area contributed by atoms with Crippen LogP contribution >= 0.6 is 0 Å². The van der Waals surface area contributed by atoms with Crippen LogP contribution in [0.15, 0.2) is 231 Å². The van der Waals surface area contributed by atoms with Gasteiger partial charge in [0.2, 0.25) is 0 Å². The molecule has 0 spiro atoms. The zero-order chi connectivity index (χ0) is 38.1. The third kappa shape index (κ3) is 8.31.